The Balaban J connectivity index is 2.07. The zero-order valence-corrected chi connectivity index (χ0v) is 21.3. The molecule has 0 radical (unpaired) electrons. The molecule has 2 aromatic rings. The number of anilines is 1. The van der Waals surface area contributed by atoms with Crippen molar-refractivity contribution in [2.75, 3.05) is 12.1 Å². The van der Waals surface area contributed by atoms with Crippen LogP contribution in [-0.4, -0.2) is 35.4 Å². The first-order valence-electron chi connectivity index (χ1n) is 11.3. The molecule has 188 valence electrons. The molecule has 0 saturated heterocycles. The van der Waals surface area contributed by atoms with Crippen LogP contribution in [0.15, 0.2) is 57.8 Å². The number of carbonyl (C=O) groups is 1. The first-order valence-corrected chi connectivity index (χ1v) is 11.3. The van der Waals surface area contributed by atoms with E-state index in [2.05, 4.69) is 21.4 Å². The van der Waals surface area contributed by atoms with E-state index in [0.717, 1.165) is 26.7 Å². The van der Waals surface area contributed by atoms with Crippen molar-refractivity contribution in [1.82, 2.24) is 5.01 Å². The number of hydrazine groups is 2. The second-order valence-corrected chi connectivity index (χ2v) is 8.10. The molecule has 0 aliphatic rings. The fraction of sp³-hybridized carbons (Fsp3) is 0.360. The highest BCUT2D eigenvalue weighted by atomic mass is 16.6. The van der Waals surface area contributed by atoms with Crippen LogP contribution < -0.4 is 16.7 Å². The molecule has 0 atom stereocenters. The Hall–Kier alpha value is -3.76. The molecule has 0 bridgehead atoms. The molecule has 2 rings (SSSR count). The number of urea groups is 1. The number of oxime groups is 1. The molecule has 4 N–H and O–H groups in total. The third-order valence-electron chi connectivity index (χ3n) is 5.19. The van der Waals surface area contributed by atoms with E-state index < -0.39 is 6.03 Å². The van der Waals surface area contributed by atoms with Crippen LogP contribution in [0.5, 0.6) is 0 Å². The summed E-state index contributed by atoms with van der Waals surface area (Å²) in [6.45, 7) is 9.99. The Morgan fingerprint density at radius 3 is 2.37 bits per heavy atom. The molecular formula is C25H35N7O3. The molecule has 10 nitrogen and oxygen atoms in total. The van der Waals surface area contributed by atoms with Crippen LogP contribution in [0.25, 0.3) is 0 Å². The molecule has 10 heteroatoms. The average molecular weight is 482 g/mol. The van der Waals surface area contributed by atoms with Crippen LogP contribution >= 0.6 is 0 Å². The minimum absolute atomic E-state index is 0.158. The Kier molecular flexibility index (Phi) is 10.4. The molecule has 0 fully saturated rings. The van der Waals surface area contributed by atoms with Crippen molar-refractivity contribution >= 4 is 29.0 Å². The summed E-state index contributed by atoms with van der Waals surface area (Å²) >= 11 is 0. The van der Waals surface area contributed by atoms with Gasteiger partial charge in [-0.1, -0.05) is 54.0 Å². The van der Waals surface area contributed by atoms with Gasteiger partial charge in [-0.3, -0.25) is 5.01 Å². The van der Waals surface area contributed by atoms with Crippen LogP contribution in [0.1, 0.15) is 49.4 Å². The maximum absolute atomic E-state index is 12.2. The van der Waals surface area contributed by atoms with E-state index in [1.165, 1.54) is 12.6 Å². The zero-order valence-electron chi connectivity index (χ0n) is 21.3. The van der Waals surface area contributed by atoms with Crippen LogP contribution in [-0.2, 0) is 22.8 Å². The third-order valence-corrected chi connectivity index (χ3v) is 5.19. The Morgan fingerprint density at radius 2 is 1.71 bits per heavy atom. The number of nitrogens with zero attached hydrogens (tertiary/aromatic N) is 5. The summed E-state index contributed by atoms with van der Waals surface area (Å²) in [6, 6.07) is 13.0. The molecular weight excluding hydrogens is 446 g/mol. The van der Waals surface area contributed by atoms with Crippen molar-refractivity contribution in [2.24, 2.45) is 27.0 Å². The van der Waals surface area contributed by atoms with Crippen molar-refractivity contribution in [1.29, 1.82) is 0 Å². The lowest BCUT2D eigenvalue weighted by atomic mass is 10.1. The van der Waals surface area contributed by atoms with E-state index >= 15 is 0 Å². The number of hydrogen-bond acceptors (Lipinski definition) is 8. The number of amides is 2. The number of carbonyl (C=O) groups excluding carboxylic acids is 1. The summed E-state index contributed by atoms with van der Waals surface area (Å²) in [5.74, 6) is 12.0. The van der Waals surface area contributed by atoms with Gasteiger partial charge in [0, 0.05) is 19.0 Å². The van der Waals surface area contributed by atoms with Gasteiger partial charge in [0.05, 0.1) is 17.1 Å². The zero-order chi connectivity index (χ0) is 26.0. The molecule has 0 aliphatic carbocycles. The standard InChI is InChI=1S/C25H35N7O3/c1-7-24(29-28-19(4)20(5)30-35-15-21-12-8-10-17(2)14-21)34-16-22-18(3)11-9-13-23(22)32(27)25(33)31(6)26/h8-14H,7,15-16,26-27H2,1-6H3/b28-19?,29-24?,30-20-. The van der Waals surface area contributed by atoms with Gasteiger partial charge < -0.3 is 9.57 Å². The van der Waals surface area contributed by atoms with Crippen molar-refractivity contribution in [3.8, 4) is 0 Å². The Morgan fingerprint density at radius 1 is 1.00 bits per heavy atom. The second-order valence-electron chi connectivity index (χ2n) is 8.10. The number of ether oxygens (including phenoxy) is 1. The quantitative estimate of drug-likeness (QED) is 0.182. The van der Waals surface area contributed by atoms with Crippen molar-refractivity contribution in [3.05, 3.63) is 64.7 Å². The SMILES string of the molecule is CCC(=NN=C(C)/C(C)=N\OCc1cccc(C)c1)OCc1c(C)cccc1N(N)C(=O)N(C)N. The van der Waals surface area contributed by atoms with E-state index in [9.17, 15) is 4.79 Å². The van der Waals surface area contributed by atoms with Gasteiger partial charge in [-0.15, -0.1) is 5.10 Å². The number of aryl methyl sites for hydroxylation is 2. The van der Waals surface area contributed by atoms with Crippen molar-refractivity contribution in [3.63, 3.8) is 0 Å². The van der Waals surface area contributed by atoms with Crippen LogP contribution in [0.2, 0.25) is 0 Å². The molecule has 0 unspecified atom stereocenters. The number of nitrogens with two attached hydrogens (primary N) is 2. The highest BCUT2D eigenvalue weighted by Gasteiger charge is 2.19. The van der Waals surface area contributed by atoms with Crippen LogP contribution in [0.3, 0.4) is 0 Å². The maximum Gasteiger partial charge on any atom is 0.352 e. The van der Waals surface area contributed by atoms with Gasteiger partial charge >= 0.3 is 6.03 Å². The van der Waals surface area contributed by atoms with Gasteiger partial charge in [0.25, 0.3) is 0 Å². The smallest absolute Gasteiger partial charge is 0.352 e. The van der Waals surface area contributed by atoms with E-state index in [0.29, 0.717) is 36.0 Å². The van der Waals surface area contributed by atoms with E-state index in [1.807, 2.05) is 51.1 Å². The van der Waals surface area contributed by atoms with E-state index in [4.69, 9.17) is 21.3 Å². The van der Waals surface area contributed by atoms with Gasteiger partial charge in [0.1, 0.15) is 13.2 Å². The van der Waals surface area contributed by atoms with Gasteiger partial charge in [-0.2, -0.15) is 5.10 Å². The van der Waals surface area contributed by atoms with Crippen LogP contribution in [0.4, 0.5) is 10.5 Å². The summed E-state index contributed by atoms with van der Waals surface area (Å²) in [5, 5.41) is 14.5. The largest absolute Gasteiger partial charge is 0.475 e. The number of benzene rings is 2. The first-order chi connectivity index (χ1) is 16.6. The number of rotatable bonds is 9. The number of hydrogen-bond donors (Lipinski definition) is 2. The average Bonchev–Trinajstić information content (AvgIpc) is 2.83. The van der Waals surface area contributed by atoms with Gasteiger partial charge in [0.2, 0.25) is 5.90 Å². The van der Waals surface area contributed by atoms with Gasteiger partial charge in [-0.05, 0) is 44.9 Å². The van der Waals surface area contributed by atoms with Crippen molar-refractivity contribution in [2.45, 2.75) is 54.3 Å². The molecule has 0 aliphatic heterocycles. The summed E-state index contributed by atoms with van der Waals surface area (Å²) < 4.78 is 5.90. The maximum atomic E-state index is 12.2. The summed E-state index contributed by atoms with van der Waals surface area (Å²) in [6.07, 6.45) is 0.523. The minimum Gasteiger partial charge on any atom is -0.475 e. The molecule has 0 spiro atoms. The lowest BCUT2D eigenvalue weighted by Crippen LogP contribution is -2.49. The molecule has 0 aromatic heterocycles. The first kappa shape index (κ1) is 27.5. The Bertz CT molecular complexity index is 1110. The fourth-order valence-corrected chi connectivity index (χ4v) is 3.01. The lowest BCUT2D eigenvalue weighted by Gasteiger charge is -2.24. The summed E-state index contributed by atoms with van der Waals surface area (Å²) in [7, 11) is 1.43. The molecule has 35 heavy (non-hydrogen) atoms. The lowest BCUT2D eigenvalue weighted by molar-refractivity contribution is 0.131. The normalized spacial score (nSPS) is 12.4. The molecule has 2 aromatic carbocycles. The molecule has 0 saturated carbocycles. The van der Waals surface area contributed by atoms with Gasteiger partial charge in [-0.25, -0.2) is 21.5 Å². The predicted molar refractivity (Wildman–Crippen MR) is 140 cm³/mol. The minimum atomic E-state index is -0.555. The van der Waals surface area contributed by atoms with E-state index in [1.54, 1.807) is 19.9 Å². The predicted octanol–water partition coefficient (Wildman–Crippen LogP) is 4.20. The topological polar surface area (TPSA) is 131 Å². The highest BCUT2D eigenvalue weighted by molar-refractivity contribution is 6.40. The van der Waals surface area contributed by atoms with Crippen LogP contribution in [0, 0.1) is 13.8 Å². The van der Waals surface area contributed by atoms with E-state index in [-0.39, 0.29) is 6.61 Å². The van der Waals surface area contributed by atoms with Gasteiger partial charge in [0.15, 0.2) is 0 Å². The summed E-state index contributed by atoms with van der Waals surface area (Å²) in [4.78, 5) is 17.7. The highest BCUT2D eigenvalue weighted by Crippen LogP contribution is 2.24. The monoisotopic (exact) mass is 481 g/mol. The molecule has 2 amide bonds. The second kappa shape index (κ2) is 13.2. The Labute approximate surface area is 206 Å². The summed E-state index contributed by atoms with van der Waals surface area (Å²) in [5.41, 5.74) is 5.58. The third kappa shape index (κ3) is 8.20. The molecule has 0 heterocycles. The van der Waals surface area contributed by atoms with Crippen molar-refractivity contribution < 1.29 is 14.4 Å². The fourth-order valence-electron chi connectivity index (χ4n) is 3.01.